The molecule has 0 bridgehead atoms. The second-order valence-corrected chi connectivity index (χ2v) is 4.54. The number of carbonyl (C=O) groups excluding carboxylic acids is 1. The summed E-state index contributed by atoms with van der Waals surface area (Å²) < 4.78 is 4.46. The third kappa shape index (κ3) is 5.51. The molecule has 0 fully saturated rings. The van der Waals surface area contributed by atoms with Gasteiger partial charge in [-0.1, -0.05) is 27.7 Å². The van der Waals surface area contributed by atoms with E-state index in [9.17, 15) is 4.79 Å². The third-order valence-electron chi connectivity index (χ3n) is 1.02. The topological polar surface area (TPSA) is 52.3 Å². The number of nitrogens with two attached hydrogens (primary N) is 1. The maximum absolute atomic E-state index is 10.8. The first-order chi connectivity index (χ1) is 5.72. The molecule has 70 valence electrons. The summed E-state index contributed by atoms with van der Waals surface area (Å²) in [6.45, 7) is 3.57. The Balaban J connectivity index is 3.36. The van der Waals surface area contributed by atoms with Crippen molar-refractivity contribution in [3.05, 3.63) is 12.7 Å². The molecule has 0 unspecified atom stereocenters. The van der Waals surface area contributed by atoms with Gasteiger partial charge in [-0.25, -0.2) is 0 Å². The smallest absolute Gasteiger partial charge is 0.323 e. The van der Waals surface area contributed by atoms with Crippen LogP contribution in [0.25, 0.3) is 0 Å². The van der Waals surface area contributed by atoms with Crippen molar-refractivity contribution in [2.24, 2.45) is 5.73 Å². The van der Waals surface area contributed by atoms with Crippen molar-refractivity contribution in [1.29, 1.82) is 0 Å². The molecule has 3 nitrogen and oxygen atoms in total. The van der Waals surface area contributed by atoms with Crippen LogP contribution in [-0.4, -0.2) is 30.6 Å². The summed E-state index contributed by atoms with van der Waals surface area (Å²) in [4.78, 5) is 10.8. The van der Waals surface area contributed by atoms with Gasteiger partial charge < -0.3 is 10.5 Å². The molecule has 0 saturated heterocycles. The normalized spacial score (nSPS) is 12.2. The van der Waals surface area contributed by atoms with Gasteiger partial charge in [-0.15, -0.1) is 6.58 Å². The highest BCUT2D eigenvalue weighted by atomic mass is 33.1. The van der Waals surface area contributed by atoms with E-state index in [0.29, 0.717) is 5.75 Å². The fourth-order valence-electron chi connectivity index (χ4n) is 0.437. The maximum atomic E-state index is 10.8. The largest absolute Gasteiger partial charge is 0.468 e. The van der Waals surface area contributed by atoms with E-state index in [0.717, 1.165) is 5.75 Å². The lowest BCUT2D eigenvalue weighted by Crippen LogP contribution is -2.33. The number of ether oxygens (including phenoxy) is 1. The minimum Gasteiger partial charge on any atom is -0.468 e. The van der Waals surface area contributed by atoms with Gasteiger partial charge in [0, 0.05) is 11.5 Å². The van der Waals surface area contributed by atoms with Gasteiger partial charge in [-0.3, -0.25) is 4.79 Å². The van der Waals surface area contributed by atoms with E-state index in [4.69, 9.17) is 5.73 Å². The highest BCUT2D eigenvalue weighted by Crippen LogP contribution is 2.21. The number of hydrogen-bond donors (Lipinski definition) is 1. The Labute approximate surface area is 80.5 Å². The lowest BCUT2D eigenvalue weighted by Gasteiger charge is -2.06. The molecule has 2 N–H and O–H groups in total. The summed E-state index contributed by atoms with van der Waals surface area (Å²) in [5.41, 5.74) is 5.48. The van der Waals surface area contributed by atoms with Crippen LogP contribution in [0.5, 0.6) is 0 Å². The third-order valence-corrected chi connectivity index (χ3v) is 3.37. The molecular weight excluding hydrogens is 194 g/mol. The molecule has 0 aliphatic heterocycles. The lowest BCUT2D eigenvalue weighted by molar-refractivity contribution is -0.141. The molecule has 0 aromatic rings. The number of carbonyl (C=O) groups is 1. The van der Waals surface area contributed by atoms with Gasteiger partial charge in [0.05, 0.1) is 7.11 Å². The van der Waals surface area contributed by atoms with Gasteiger partial charge in [0.15, 0.2) is 0 Å². The summed E-state index contributed by atoms with van der Waals surface area (Å²) in [5, 5.41) is 0. The monoisotopic (exact) mass is 207 g/mol. The quantitative estimate of drug-likeness (QED) is 0.305. The molecule has 5 heteroatoms. The molecule has 0 aromatic heterocycles. The van der Waals surface area contributed by atoms with Crippen LogP contribution in [-0.2, 0) is 9.53 Å². The number of methoxy groups -OCH3 is 1. The van der Waals surface area contributed by atoms with Crippen molar-refractivity contribution in [3.8, 4) is 0 Å². The molecule has 0 aliphatic rings. The molecule has 0 aromatic carbocycles. The molecule has 1 atom stereocenters. The first-order valence-electron chi connectivity index (χ1n) is 3.41. The maximum Gasteiger partial charge on any atom is 0.323 e. The summed E-state index contributed by atoms with van der Waals surface area (Å²) in [5.74, 6) is 1.07. The zero-order valence-corrected chi connectivity index (χ0v) is 8.62. The van der Waals surface area contributed by atoms with Gasteiger partial charge in [-0.2, -0.15) is 0 Å². The van der Waals surface area contributed by atoms with E-state index < -0.39 is 6.04 Å². The van der Waals surface area contributed by atoms with Gasteiger partial charge >= 0.3 is 5.97 Å². The van der Waals surface area contributed by atoms with Crippen LogP contribution >= 0.6 is 21.6 Å². The first-order valence-corrected chi connectivity index (χ1v) is 5.90. The van der Waals surface area contributed by atoms with E-state index >= 15 is 0 Å². The minimum atomic E-state index is -0.516. The summed E-state index contributed by atoms with van der Waals surface area (Å²) in [6.07, 6.45) is 1.81. The zero-order chi connectivity index (χ0) is 9.40. The molecule has 0 spiro atoms. The molecule has 0 heterocycles. The van der Waals surface area contributed by atoms with Crippen LogP contribution < -0.4 is 5.73 Å². The molecule has 0 saturated carbocycles. The van der Waals surface area contributed by atoms with E-state index in [1.807, 2.05) is 0 Å². The lowest BCUT2D eigenvalue weighted by atomic mass is 10.4. The Morgan fingerprint density at radius 2 is 2.42 bits per heavy atom. The van der Waals surface area contributed by atoms with Crippen molar-refractivity contribution in [2.45, 2.75) is 6.04 Å². The van der Waals surface area contributed by atoms with Crippen LogP contribution in [0, 0.1) is 0 Å². The highest BCUT2D eigenvalue weighted by molar-refractivity contribution is 8.76. The summed E-state index contributed by atoms with van der Waals surface area (Å²) in [7, 11) is 4.51. The SMILES string of the molecule is C=CCSSC[C@H](N)C(=O)OC. The number of rotatable bonds is 6. The molecule has 0 radical (unpaired) electrons. The number of hydrogen-bond acceptors (Lipinski definition) is 5. The fourth-order valence-corrected chi connectivity index (χ4v) is 2.31. The highest BCUT2D eigenvalue weighted by Gasteiger charge is 2.12. The van der Waals surface area contributed by atoms with Crippen LogP contribution in [0.3, 0.4) is 0 Å². The molecule has 0 rings (SSSR count). The second-order valence-electron chi connectivity index (χ2n) is 1.99. The van der Waals surface area contributed by atoms with Crippen molar-refractivity contribution < 1.29 is 9.53 Å². The predicted octanol–water partition coefficient (Wildman–Crippen LogP) is 1.05. The Morgan fingerprint density at radius 3 is 2.92 bits per heavy atom. The summed E-state index contributed by atoms with van der Waals surface area (Å²) >= 11 is 0. The van der Waals surface area contributed by atoms with Crippen molar-refractivity contribution in [1.82, 2.24) is 0 Å². The van der Waals surface area contributed by atoms with Crippen molar-refractivity contribution in [2.75, 3.05) is 18.6 Å². The van der Waals surface area contributed by atoms with E-state index in [1.54, 1.807) is 27.7 Å². The Morgan fingerprint density at radius 1 is 1.75 bits per heavy atom. The van der Waals surface area contributed by atoms with Gasteiger partial charge in [0.1, 0.15) is 6.04 Å². The van der Waals surface area contributed by atoms with E-state index in [-0.39, 0.29) is 5.97 Å². The average molecular weight is 207 g/mol. The predicted molar refractivity (Wildman–Crippen MR) is 55.1 cm³/mol. The Hall–Kier alpha value is -0.130. The summed E-state index contributed by atoms with van der Waals surface area (Å²) in [6, 6.07) is -0.516. The van der Waals surface area contributed by atoms with Gasteiger partial charge in [0.2, 0.25) is 0 Å². The second kappa shape index (κ2) is 7.52. The van der Waals surface area contributed by atoms with Crippen molar-refractivity contribution in [3.63, 3.8) is 0 Å². The average Bonchev–Trinajstić information content (AvgIpc) is 2.10. The fraction of sp³-hybridized carbons (Fsp3) is 0.571. The molecule has 0 aliphatic carbocycles. The Kier molecular flexibility index (Phi) is 7.43. The van der Waals surface area contributed by atoms with Gasteiger partial charge in [0.25, 0.3) is 0 Å². The van der Waals surface area contributed by atoms with E-state index in [2.05, 4.69) is 11.3 Å². The van der Waals surface area contributed by atoms with Crippen LogP contribution in [0.4, 0.5) is 0 Å². The first kappa shape index (κ1) is 11.9. The van der Waals surface area contributed by atoms with Gasteiger partial charge in [-0.05, 0) is 0 Å². The van der Waals surface area contributed by atoms with Crippen LogP contribution in [0.1, 0.15) is 0 Å². The molecular formula is C7H13NO2S2. The molecule has 12 heavy (non-hydrogen) atoms. The van der Waals surface area contributed by atoms with E-state index in [1.165, 1.54) is 7.11 Å². The zero-order valence-electron chi connectivity index (χ0n) is 6.99. The minimum absolute atomic E-state index is 0.360. The van der Waals surface area contributed by atoms with Crippen LogP contribution in [0.2, 0.25) is 0 Å². The van der Waals surface area contributed by atoms with Crippen LogP contribution in [0.15, 0.2) is 12.7 Å². The van der Waals surface area contributed by atoms with Crippen molar-refractivity contribution >= 4 is 27.6 Å². The molecule has 0 amide bonds. The Bertz CT molecular complexity index is 152. The standard InChI is InChI=1S/C7H13NO2S2/c1-3-4-11-12-5-6(8)7(9)10-2/h3,6H,1,4-5,8H2,2H3/t6-/m0/s1. The number of esters is 1.